The average Bonchev–Trinajstić information content (AvgIpc) is 3.03. The summed E-state index contributed by atoms with van der Waals surface area (Å²) in [5.41, 5.74) is 0.534. The first kappa shape index (κ1) is 10.7. The molecule has 2 atom stereocenters. The minimum atomic E-state index is 0. The zero-order chi connectivity index (χ0) is 8.89. The topological polar surface area (TPSA) is 0 Å². The second kappa shape index (κ2) is 3.63. The summed E-state index contributed by atoms with van der Waals surface area (Å²) in [6, 6.07) is 0. The van der Waals surface area contributed by atoms with E-state index in [1.807, 2.05) is 5.92 Å². The van der Waals surface area contributed by atoms with E-state index in [9.17, 15) is 0 Å². The molecule has 3 aliphatic carbocycles. The number of hydrogen-bond donors (Lipinski definition) is 0. The van der Waals surface area contributed by atoms with Gasteiger partial charge in [-0.15, -0.1) is 17.3 Å². The summed E-state index contributed by atoms with van der Waals surface area (Å²) >= 11 is 0. The van der Waals surface area contributed by atoms with Crippen molar-refractivity contribution in [2.24, 2.45) is 17.3 Å². The maximum atomic E-state index is 3.56. The number of hydrogen-bond acceptors (Lipinski definition) is 0. The molecule has 3 saturated carbocycles. The minimum Gasteiger partial charge on any atom is -0.297 e. The van der Waals surface area contributed by atoms with Gasteiger partial charge < -0.3 is 0 Å². The molecule has 14 heavy (non-hydrogen) atoms. The van der Waals surface area contributed by atoms with Crippen molar-refractivity contribution in [2.75, 3.05) is 0 Å². The molecule has 0 heterocycles. The predicted octanol–water partition coefficient (Wildman–Crippen LogP) is 0.188. The number of fused-ring (bicyclic) bond motifs is 2. The van der Waals surface area contributed by atoms with Crippen LogP contribution in [0.4, 0.5) is 0 Å². The van der Waals surface area contributed by atoms with Crippen LogP contribution < -0.4 is 18.9 Å². The molecule has 0 aromatic rings. The average molecular weight is 180 g/mol. The molecule has 0 amide bonds. The molecule has 70 valence electrons. The van der Waals surface area contributed by atoms with E-state index in [1.165, 1.54) is 32.1 Å². The van der Waals surface area contributed by atoms with Gasteiger partial charge in [-0.25, -0.2) is 0 Å². The van der Waals surface area contributed by atoms with Crippen LogP contribution in [0.25, 0.3) is 0 Å². The normalized spacial score (nSPS) is 41.5. The third kappa shape index (κ3) is 1.22. The summed E-state index contributed by atoms with van der Waals surface area (Å²) in [5.74, 6) is 10.7. The van der Waals surface area contributed by atoms with Gasteiger partial charge in [0, 0.05) is 6.42 Å². The summed E-state index contributed by atoms with van der Waals surface area (Å²) in [6.07, 6.45) is 8.07. The number of rotatable bonds is 2. The van der Waals surface area contributed by atoms with Gasteiger partial charge in [0.2, 0.25) is 0 Å². The summed E-state index contributed by atoms with van der Waals surface area (Å²) < 4.78 is 0. The van der Waals surface area contributed by atoms with Crippen LogP contribution in [0.5, 0.6) is 0 Å². The van der Waals surface area contributed by atoms with Crippen molar-refractivity contribution in [1.82, 2.24) is 0 Å². The van der Waals surface area contributed by atoms with Gasteiger partial charge in [0.25, 0.3) is 0 Å². The van der Waals surface area contributed by atoms with Crippen LogP contribution in [0.1, 0.15) is 45.4 Å². The molecule has 0 N–H and O–H groups in total. The van der Waals surface area contributed by atoms with Crippen LogP contribution >= 0.6 is 0 Å². The molecule has 0 aliphatic heterocycles. The fraction of sp³-hybridized carbons (Fsp3) is 0.769. The van der Waals surface area contributed by atoms with Crippen LogP contribution in [0, 0.1) is 35.0 Å². The molecule has 3 aliphatic rings. The van der Waals surface area contributed by atoms with Gasteiger partial charge in [-0.3, -0.25) is 5.92 Å². The molecule has 3 rings (SSSR count). The Balaban J connectivity index is 0.000000750. The summed E-state index contributed by atoms with van der Waals surface area (Å²) in [5, 5.41) is 0. The third-order valence-electron chi connectivity index (χ3n) is 4.10. The quantitative estimate of drug-likeness (QED) is 0.246. The standard InChI is InChI=1S/C13H17.Li/c1-2-3-4-5-9-13-10-7-6-8-11(13)12(10)13;/h10-11H,2-4,6-8H2,1H3;/q-1;+1. The first-order chi connectivity index (χ1) is 6.41. The van der Waals surface area contributed by atoms with Crippen LogP contribution in [-0.2, 0) is 0 Å². The molecule has 0 nitrogen and oxygen atoms in total. The third-order valence-corrected chi connectivity index (χ3v) is 4.10. The van der Waals surface area contributed by atoms with Gasteiger partial charge in [0.05, 0.1) is 0 Å². The van der Waals surface area contributed by atoms with Crippen LogP contribution in [-0.4, -0.2) is 0 Å². The second-order valence-electron chi connectivity index (χ2n) is 4.77. The van der Waals surface area contributed by atoms with Gasteiger partial charge in [-0.1, -0.05) is 32.6 Å². The largest absolute Gasteiger partial charge is 1.00 e. The predicted molar refractivity (Wildman–Crippen MR) is 53.8 cm³/mol. The molecular weight excluding hydrogens is 163 g/mol. The first-order valence-electron chi connectivity index (χ1n) is 5.78. The Bertz CT molecular complexity index is 262. The molecule has 0 aromatic carbocycles. The minimum absolute atomic E-state index is 0. The molecule has 0 aromatic heterocycles. The van der Waals surface area contributed by atoms with E-state index in [4.69, 9.17) is 0 Å². The SMILES string of the molecule is CCCCC#CC12[C-]3C1CCCC32.[Li+]. The Morgan fingerprint density at radius 3 is 2.64 bits per heavy atom. The second-order valence-corrected chi connectivity index (χ2v) is 4.77. The van der Waals surface area contributed by atoms with E-state index in [1.54, 1.807) is 0 Å². The molecule has 0 spiro atoms. The van der Waals surface area contributed by atoms with Crippen molar-refractivity contribution in [1.29, 1.82) is 0 Å². The maximum Gasteiger partial charge on any atom is 1.00 e. The molecule has 1 heteroatoms. The molecule has 0 radical (unpaired) electrons. The zero-order valence-electron chi connectivity index (χ0n) is 9.40. The number of unbranched alkanes of at least 4 members (excludes halogenated alkanes) is 2. The van der Waals surface area contributed by atoms with E-state index < -0.39 is 0 Å². The monoisotopic (exact) mass is 180 g/mol. The summed E-state index contributed by atoms with van der Waals surface area (Å²) in [7, 11) is 0. The van der Waals surface area contributed by atoms with Gasteiger partial charge in [-0.2, -0.15) is 11.8 Å². The van der Waals surface area contributed by atoms with E-state index in [2.05, 4.69) is 18.8 Å². The fourth-order valence-corrected chi connectivity index (χ4v) is 3.28. The maximum absolute atomic E-state index is 3.56. The Morgan fingerprint density at radius 1 is 1.36 bits per heavy atom. The zero-order valence-corrected chi connectivity index (χ0v) is 9.40. The van der Waals surface area contributed by atoms with E-state index >= 15 is 0 Å². The van der Waals surface area contributed by atoms with Gasteiger partial charge in [-0.05, 0) is 6.42 Å². The van der Waals surface area contributed by atoms with Crippen molar-refractivity contribution in [3.63, 3.8) is 0 Å². The Labute approximate surface area is 99.4 Å². The van der Waals surface area contributed by atoms with Crippen molar-refractivity contribution in [3.8, 4) is 11.8 Å². The van der Waals surface area contributed by atoms with Crippen molar-refractivity contribution >= 4 is 0 Å². The van der Waals surface area contributed by atoms with Crippen LogP contribution in [0.3, 0.4) is 0 Å². The molecular formula is C13H17Li. The fourth-order valence-electron chi connectivity index (χ4n) is 3.28. The molecule has 2 unspecified atom stereocenters. The van der Waals surface area contributed by atoms with E-state index in [0.717, 1.165) is 18.3 Å². The van der Waals surface area contributed by atoms with Gasteiger partial charge in [0.15, 0.2) is 0 Å². The first-order valence-corrected chi connectivity index (χ1v) is 5.78. The smallest absolute Gasteiger partial charge is 0.297 e. The van der Waals surface area contributed by atoms with Gasteiger partial charge >= 0.3 is 18.9 Å². The Morgan fingerprint density at radius 2 is 2.07 bits per heavy atom. The van der Waals surface area contributed by atoms with Crippen molar-refractivity contribution < 1.29 is 18.9 Å². The van der Waals surface area contributed by atoms with Crippen LogP contribution in [0.15, 0.2) is 0 Å². The molecule has 0 saturated heterocycles. The van der Waals surface area contributed by atoms with Crippen molar-refractivity contribution in [2.45, 2.75) is 45.4 Å². The van der Waals surface area contributed by atoms with E-state index in [0.29, 0.717) is 5.41 Å². The molecule has 0 bridgehead atoms. The van der Waals surface area contributed by atoms with Gasteiger partial charge in [0.1, 0.15) is 0 Å². The Kier molecular flexibility index (Phi) is 2.76. The molecule has 3 fully saturated rings. The summed E-state index contributed by atoms with van der Waals surface area (Å²) in [6.45, 7) is 2.24. The van der Waals surface area contributed by atoms with Crippen molar-refractivity contribution in [3.05, 3.63) is 5.92 Å². The van der Waals surface area contributed by atoms with Crippen LogP contribution in [0.2, 0.25) is 0 Å². The van der Waals surface area contributed by atoms with E-state index in [-0.39, 0.29) is 18.9 Å². The Hall–Kier alpha value is 0.157. The summed E-state index contributed by atoms with van der Waals surface area (Å²) in [4.78, 5) is 0.